The van der Waals surface area contributed by atoms with E-state index in [-0.39, 0.29) is 10.6 Å². The molecule has 1 aliphatic rings. The van der Waals surface area contributed by atoms with Gasteiger partial charge in [-0.2, -0.15) is 0 Å². The van der Waals surface area contributed by atoms with Crippen LogP contribution in [0.25, 0.3) is 0 Å². The fraction of sp³-hybridized carbons (Fsp3) is 0.571. The van der Waals surface area contributed by atoms with E-state index in [1.807, 2.05) is 0 Å². The number of likely N-dealkylation sites (tertiary alicyclic amines) is 1. The molecule has 0 amide bonds. The van der Waals surface area contributed by atoms with Gasteiger partial charge in [0.1, 0.15) is 5.69 Å². The minimum Gasteiger partial charge on any atom is -0.378 e. The first-order valence-electron chi connectivity index (χ1n) is 7.29. The van der Waals surface area contributed by atoms with Crippen molar-refractivity contribution >= 4 is 21.2 Å². The number of nitro groups is 1. The zero-order valence-corrected chi connectivity index (χ0v) is 13.6. The highest BCUT2D eigenvalue weighted by Crippen LogP contribution is 2.28. The van der Waals surface area contributed by atoms with Crippen molar-refractivity contribution < 1.29 is 13.3 Å². The molecule has 1 aromatic carbocycles. The average Bonchev–Trinajstić information content (AvgIpc) is 2.91. The maximum atomic E-state index is 11.5. The molecule has 0 radical (unpaired) electrons. The molecule has 1 N–H and O–H groups in total. The average molecular weight is 327 g/mol. The summed E-state index contributed by atoms with van der Waals surface area (Å²) in [6.45, 7) is 4.73. The van der Waals surface area contributed by atoms with Crippen molar-refractivity contribution in [3.63, 3.8) is 0 Å². The molecule has 8 heteroatoms. The van der Waals surface area contributed by atoms with Crippen LogP contribution in [0, 0.1) is 10.1 Å². The molecule has 0 unspecified atom stereocenters. The maximum absolute atomic E-state index is 11.5. The Morgan fingerprint density at radius 2 is 2.18 bits per heavy atom. The minimum atomic E-state index is -3.46. The van der Waals surface area contributed by atoms with Crippen LogP contribution >= 0.6 is 0 Å². The number of hydrogen-bond acceptors (Lipinski definition) is 6. The molecule has 1 heterocycles. The Kier molecular flexibility index (Phi) is 5.02. The van der Waals surface area contributed by atoms with Crippen molar-refractivity contribution in [1.29, 1.82) is 0 Å². The van der Waals surface area contributed by atoms with Gasteiger partial charge >= 0.3 is 0 Å². The van der Waals surface area contributed by atoms with Crippen LogP contribution in [-0.2, 0) is 9.84 Å². The molecule has 22 heavy (non-hydrogen) atoms. The van der Waals surface area contributed by atoms with Crippen LogP contribution < -0.4 is 5.32 Å². The van der Waals surface area contributed by atoms with Gasteiger partial charge in [0.25, 0.3) is 5.69 Å². The van der Waals surface area contributed by atoms with E-state index in [1.165, 1.54) is 12.1 Å². The molecule has 0 aromatic heterocycles. The van der Waals surface area contributed by atoms with E-state index in [4.69, 9.17) is 0 Å². The summed E-state index contributed by atoms with van der Waals surface area (Å²) >= 11 is 0. The lowest BCUT2D eigenvalue weighted by atomic mass is 10.2. The number of nitrogens with one attached hydrogen (secondary N) is 1. The number of rotatable bonds is 6. The predicted molar refractivity (Wildman–Crippen MR) is 85.0 cm³/mol. The van der Waals surface area contributed by atoms with Gasteiger partial charge in [-0.25, -0.2) is 8.42 Å². The van der Waals surface area contributed by atoms with Crippen LogP contribution in [-0.4, -0.2) is 50.2 Å². The second-order valence-corrected chi connectivity index (χ2v) is 7.53. The Balaban J connectivity index is 2.18. The molecular formula is C14H21N3O4S. The maximum Gasteiger partial charge on any atom is 0.293 e. The van der Waals surface area contributed by atoms with Gasteiger partial charge in [0.05, 0.1) is 9.82 Å². The van der Waals surface area contributed by atoms with E-state index in [0.717, 1.165) is 38.3 Å². The fourth-order valence-corrected chi connectivity index (χ4v) is 3.45. The van der Waals surface area contributed by atoms with Crippen molar-refractivity contribution in [2.75, 3.05) is 31.2 Å². The molecule has 1 saturated heterocycles. The van der Waals surface area contributed by atoms with E-state index >= 15 is 0 Å². The summed E-state index contributed by atoms with van der Waals surface area (Å²) < 4.78 is 23.0. The van der Waals surface area contributed by atoms with Crippen molar-refractivity contribution in [3.05, 3.63) is 28.3 Å². The van der Waals surface area contributed by atoms with E-state index in [9.17, 15) is 18.5 Å². The molecule has 1 aromatic rings. The zero-order valence-electron chi connectivity index (χ0n) is 12.8. The quantitative estimate of drug-likeness (QED) is 0.633. The van der Waals surface area contributed by atoms with Crippen LogP contribution in [0.2, 0.25) is 0 Å². The number of anilines is 1. The largest absolute Gasteiger partial charge is 0.378 e. The van der Waals surface area contributed by atoms with Crippen molar-refractivity contribution in [2.45, 2.75) is 30.7 Å². The van der Waals surface area contributed by atoms with Gasteiger partial charge in [-0.1, -0.05) is 6.92 Å². The monoisotopic (exact) mass is 327 g/mol. The standard InChI is InChI=1S/C14H21N3O4S/c1-3-16-8-4-5-11(16)10-15-13-7-6-12(22(2,20)21)9-14(13)17(18)19/h6-7,9,11,15H,3-5,8,10H2,1-2H3/t11-/m0/s1. The second-order valence-electron chi connectivity index (χ2n) is 5.51. The Labute approximate surface area is 130 Å². The normalized spacial score (nSPS) is 19.3. The third kappa shape index (κ3) is 3.75. The molecule has 0 aliphatic carbocycles. The number of sulfone groups is 1. The molecule has 2 rings (SSSR count). The molecule has 1 fully saturated rings. The van der Waals surface area contributed by atoms with Gasteiger partial charge in [-0.15, -0.1) is 0 Å². The van der Waals surface area contributed by atoms with Crippen molar-refractivity contribution in [3.8, 4) is 0 Å². The summed E-state index contributed by atoms with van der Waals surface area (Å²) in [5.41, 5.74) is 0.157. The summed E-state index contributed by atoms with van der Waals surface area (Å²) in [6, 6.07) is 4.35. The lowest BCUT2D eigenvalue weighted by molar-refractivity contribution is -0.384. The summed E-state index contributed by atoms with van der Waals surface area (Å²) in [5, 5.41) is 14.3. The van der Waals surface area contributed by atoms with Crippen LogP contribution in [0.3, 0.4) is 0 Å². The van der Waals surface area contributed by atoms with Crippen molar-refractivity contribution in [2.24, 2.45) is 0 Å². The van der Waals surface area contributed by atoms with Gasteiger partial charge in [-0.05, 0) is 38.1 Å². The lowest BCUT2D eigenvalue weighted by Crippen LogP contribution is -2.34. The van der Waals surface area contributed by atoms with Gasteiger partial charge < -0.3 is 5.32 Å². The topological polar surface area (TPSA) is 92.6 Å². The van der Waals surface area contributed by atoms with Gasteiger partial charge in [0, 0.05) is 24.9 Å². The molecular weight excluding hydrogens is 306 g/mol. The van der Waals surface area contributed by atoms with Crippen LogP contribution in [0.5, 0.6) is 0 Å². The smallest absolute Gasteiger partial charge is 0.293 e. The lowest BCUT2D eigenvalue weighted by Gasteiger charge is -2.23. The Hall–Kier alpha value is -1.67. The van der Waals surface area contributed by atoms with Gasteiger partial charge in [0.15, 0.2) is 9.84 Å². The molecule has 0 bridgehead atoms. The summed E-state index contributed by atoms with van der Waals surface area (Å²) in [4.78, 5) is 12.9. The fourth-order valence-electron chi connectivity index (χ4n) is 2.81. The second kappa shape index (κ2) is 6.62. The van der Waals surface area contributed by atoms with Crippen molar-refractivity contribution in [1.82, 2.24) is 4.90 Å². The van der Waals surface area contributed by atoms with Crippen LogP contribution in [0.4, 0.5) is 11.4 Å². The highest BCUT2D eigenvalue weighted by Gasteiger charge is 2.24. The summed E-state index contributed by atoms with van der Waals surface area (Å²) in [5.74, 6) is 0. The predicted octanol–water partition coefficient (Wildman–Crippen LogP) is 1.89. The number of hydrogen-bond donors (Lipinski definition) is 1. The van der Waals surface area contributed by atoms with E-state index in [2.05, 4.69) is 17.1 Å². The first kappa shape index (κ1) is 16.7. The summed E-state index contributed by atoms with van der Waals surface area (Å²) in [7, 11) is -3.46. The number of benzene rings is 1. The molecule has 1 aliphatic heterocycles. The molecule has 122 valence electrons. The van der Waals surface area contributed by atoms with Gasteiger partial charge in [-0.3, -0.25) is 15.0 Å². The molecule has 1 atom stereocenters. The highest BCUT2D eigenvalue weighted by molar-refractivity contribution is 7.90. The van der Waals surface area contributed by atoms with E-state index in [0.29, 0.717) is 18.3 Å². The molecule has 7 nitrogen and oxygen atoms in total. The zero-order chi connectivity index (χ0) is 16.3. The highest BCUT2D eigenvalue weighted by atomic mass is 32.2. The number of nitro benzene ring substituents is 1. The van der Waals surface area contributed by atoms with Crippen LogP contribution in [0.1, 0.15) is 19.8 Å². The summed E-state index contributed by atoms with van der Waals surface area (Å²) in [6.07, 6.45) is 3.24. The molecule has 0 spiro atoms. The van der Waals surface area contributed by atoms with E-state index < -0.39 is 14.8 Å². The van der Waals surface area contributed by atoms with E-state index in [1.54, 1.807) is 0 Å². The molecule has 0 saturated carbocycles. The Bertz CT molecular complexity index is 660. The first-order valence-corrected chi connectivity index (χ1v) is 9.18. The Morgan fingerprint density at radius 1 is 1.45 bits per heavy atom. The van der Waals surface area contributed by atoms with Gasteiger partial charge in [0.2, 0.25) is 0 Å². The number of likely N-dealkylation sites (N-methyl/N-ethyl adjacent to an activating group) is 1. The third-order valence-corrected chi connectivity index (χ3v) is 5.14. The van der Waals surface area contributed by atoms with Crippen LogP contribution in [0.15, 0.2) is 23.1 Å². The number of nitrogens with zero attached hydrogens (tertiary/aromatic N) is 2. The minimum absolute atomic E-state index is 0.0409. The Morgan fingerprint density at radius 3 is 2.77 bits per heavy atom. The SMILES string of the molecule is CCN1CCC[C@H]1CNc1ccc(S(C)(=O)=O)cc1[N+](=O)[O-]. The third-order valence-electron chi connectivity index (χ3n) is 4.03. The first-order chi connectivity index (χ1) is 10.3.